The van der Waals surface area contributed by atoms with Gasteiger partial charge in [0.25, 0.3) is 11.7 Å². The van der Waals surface area contributed by atoms with Gasteiger partial charge in [-0.2, -0.15) is 8.78 Å². The number of alkyl halides is 2. The number of carbonyl (C=O) groups is 1. The number of hydrogen-bond donors (Lipinski definition) is 1. The topological polar surface area (TPSA) is 29.1 Å². The Morgan fingerprint density at radius 2 is 1.71 bits per heavy atom. The van der Waals surface area contributed by atoms with Crippen molar-refractivity contribution in [3.63, 3.8) is 0 Å². The van der Waals surface area contributed by atoms with Gasteiger partial charge in [0.05, 0.1) is 0 Å². The van der Waals surface area contributed by atoms with Crippen LogP contribution in [0.15, 0.2) is 53.4 Å². The molecule has 0 unspecified atom stereocenters. The van der Waals surface area contributed by atoms with Gasteiger partial charge in [-0.25, -0.2) is 0 Å². The summed E-state index contributed by atoms with van der Waals surface area (Å²) in [7, 11) is 0. The van der Waals surface area contributed by atoms with Gasteiger partial charge >= 0.3 is 0 Å². The standard InChI is InChI=1S/C15H12ClF2NOS/c16-12-5-1-10(2-6-12)9-19-14(20)11-3-7-13(8-4-11)21-15(17)18/h1-8,15H,9H2,(H,19,20). The van der Waals surface area contributed by atoms with Crippen LogP contribution >= 0.6 is 23.4 Å². The molecule has 0 radical (unpaired) electrons. The van der Waals surface area contributed by atoms with Gasteiger partial charge in [0.1, 0.15) is 0 Å². The van der Waals surface area contributed by atoms with E-state index in [1.807, 2.05) is 12.1 Å². The van der Waals surface area contributed by atoms with E-state index in [0.717, 1.165) is 5.56 Å². The highest BCUT2D eigenvalue weighted by molar-refractivity contribution is 7.99. The molecule has 2 nitrogen and oxygen atoms in total. The van der Waals surface area contributed by atoms with Crippen LogP contribution in [0.2, 0.25) is 5.02 Å². The molecular formula is C15H12ClF2NOS. The third kappa shape index (κ3) is 5.02. The predicted octanol–water partition coefficient (Wildman–Crippen LogP) is 4.58. The minimum atomic E-state index is -2.46. The van der Waals surface area contributed by atoms with Crippen LogP contribution in [0.25, 0.3) is 0 Å². The number of carbonyl (C=O) groups excluding carboxylic acids is 1. The Balaban J connectivity index is 1.92. The molecule has 110 valence electrons. The first-order valence-electron chi connectivity index (χ1n) is 6.12. The molecule has 0 saturated heterocycles. The Kier molecular flexibility index (Phi) is 5.59. The van der Waals surface area contributed by atoms with Gasteiger partial charge in [-0.15, -0.1) is 0 Å². The van der Waals surface area contributed by atoms with Crippen LogP contribution < -0.4 is 5.32 Å². The van der Waals surface area contributed by atoms with Gasteiger partial charge in [-0.05, 0) is 42.0 Å². The van der Waals surface area contributed by atoms with Crippen LogP contribution in [-0.4, -0.2) is 11.7 Å². The van der Waals surface area contributed by atoms with Crippen molar-refractivity contribution in [1.29, 1.82) is 0 Å². The van der Waals surface area contributed by atoms with Crippen molar-refractivity contribution in [3.05, 3.63) is 64.7 Å². The van der Waals surface area contributed by atoms with Gasteiger partial charge in [-0.3, -0.25) is 4.79 Å². The first-order valence-corrected chi connectivity index (χ1v) is 7.38. The second-order valence-corrected chi connectivity index (χ2v) is 5.71. The van der Waals surface area contributed by atoms with E-state index >= 15 is 0 Å². The third-order valence-electron chi connectivity index (χ3n) is 2.71. The summed E-state index contributed by atoms with van der Waals surface area (Å²) in [5.74, 6) is -2.71. The molecule has 0 aliphatic carbocycles. The Bertz CT molecular complexity index is 602. The molecule has 0 aliphatic rings. The van der Waals surface area contributed by atoms with Crippen molar-refractivity contribution in [2.24, 2.45) is 0 Å². The number of hydrogen-bond acceptors (Lipinski definition) is 2. The molecule has 0 fully saturated rings. The Labute approximate surface area is 130 Å². The zero-order chi connectivity index (χ0) is 15.2. The van der Waals surface area contributed by atoms with E-state index in [9.17, 15) is 13.6 Å². The highest BCUT2D eigenvalue weighted by Gasteiger charge is 2.08. The molecule has 1 amide bonds. The second-order valence-electron chi connectivity index (χ2n) is 4.21. The first kappa shape index (κ1) is 15.8. The van der Waals surface area contributed by atoms with Gasteiger partial charge in [0.2, 0.25) is 0 Å². The molecule has 0 saturated carbocycles. The summed E-state index contributed by atoms with van der Waals surface area (Å²) in [6.07, 6.45) is 0. The van der Waals surface area contributed by atoms with Crippen molar-refractivity contribution < 1.29 is 13.6 Å². The molecule has 0 aliphatic heterocycles. The second kappa shape index (κ2) is 7.43. The fourth-order valence-electron chi connectivity index (χ4n) is 1.67. The summed E-state index contributed by atoms with van der Waals surface area (Å²) in [5, 5.41) is 3.39. The number of halogens is 3. The third-order valence-corrected chi connectivity index (χ3v) is 3.68. The Morgan fingerprint density at radius 1 is 1.10 bits per heavy atom. The van der Waals surface area contributed by atoms with E-state index in [1.165, 1.54) is 24.3 Å². The van der Waals surface area contributed by atoms with Crippen LogP contribution in [0.5, 0.6) is 0 Å². The van der Waals surface area contributed by atoms with E-state index in [4.69, 9.17) is 11.6 Å². The molecule has 2 aromatic rings. The maximum absolute atomic E-state index is 12.2. The van der Waals surface area contributed by atoms with Crippen molar-refractivity contribution in [1.82, 2.24) is 5.32 Å². The van der Waals surface area contributed by atoms with Crippen molar-refractivity contribution in [3.8, 4) is 0 Å². The molecule has 0 atom stereocenters. The zero-order valence-electron chi connectivity index (χ0n) is 10.9. The van der Waals surface area contributed by atoms with Gasteiger partial charge in [0.15, 0.2) is 0 Å². The smallest absolute Gasteiger partial charge is 0.288 e. The van der Waals surface area contributed by atoms with Crippen LogP contribution in [0.1, 0.15) is 15.9 Å². The SMILES string of the molecule is O=C(NCc1ccc(Cl)cc1)c1ccc(SC(F)F)cc1. The lowest BCUT2D eigenvalue weighted by molar-refractivity contribution is 0.0951. The number of rotatable bonds is 5. The summed E-state index contributed by atoms with van der Waals surface area (Å²) in [4.78, 5) is 12.4. The molecular weight excluding hydrogens is 316 g/mol. The van der Waals surface area contributed by atoms with Crippen molar-refractivity contribution >= 4 is 29.3 Å². The molecule has 6 heteroatoms. The van der Waals surface area contributed by atoms with Gasteiger partial charge < -0.3 is 5.32 Å². The van der Waals surface area contributed by atoms with E-state index in [0.29, 0.717) is 33.8 Å². The van der Waals surface area contributed by atoms with Gasteiger partial charge in [-0.1, -0.05) is 35.5 Å². The number of benzene rings is 2. The normalized spacial score (nSPS) is 10.7. The Morgan fingerprint density at radius 3 is 2.29 bits per heavy atom. The summed E-state index contributed by atoms with van der Waals surface area (Å²) < 4.78 is 24.4. The summed E-state index contributed by atoms with van der Waals surface area (Å²) in [6, 6.07) is 13.2. The molecule has 0 heterocycles. The Hall–Kier alpha value is -1.59. The van der Waals surface area contributed by atoms with E-state index in [1.54, 1.807) is 12.1 Å². The zero-order valence-corrected chi connectivity index (χ0v) is 12.4. The van der Waals surface area contributed by atoms with E-state index in [-0.39, 0.29) is 5.91 Å². The predicted molar refractivity (Wildman–Crippen MR) is 80.9 cm³/mol. The molecule has 1 N–H and O–H groups in total. The molecule has 21 heavy (non-hydrogen) atoms. The molecule has 2 rings (SSSR count). The highest BCUT2D eigenvalue weighted by atomic mass is 35.5. The highest BCUT2D eigenvalue weighted by Crippen LogP contribution is 2.25. The molecule has 0 spiro atoms. The number of amides is 1. The maximum Gasteiger partial charge on any atom is 0.288 e. The fourth-order valence-corrected chi connectivity index (χ4v) is 2.30. The van der Waals surface area contributed by atoms with Crippen LogP contribution in [0.4, 0.5) is 8.78 Å². The molecule has 0 bridgehead atoms. The maximum atomic E-state index is 12.2. The van der Waals surface area contributed by atoms with Crippen LogP contribution in [0, 0.1) is 0 Å². The monoisotopic (exact) mass is 327 g/mol. The van der Waals surface area contributed by atoms with Crippen molar-refractivity contribution in [2.75, 3.05) is 0 Å². The number of thioether (sulfide) groups is 1. The fraction of sp³-hybridized carbons (Fsp3) is 0.133. The first-order chi connectivity index (χ1) is 10.0. The van der Waals surface area contributed by atoms with Crippen LogP contribution in [-0.2, 0) is 6.54 Å². The lowest BCUT2D eigenvalue weighted by Crippen LogP contribution is -2.22. The van der Waals surface area contributed by atoms with E-state index in [2.05, 4.69) is 5.32 Å². The summed E-state index contributed by atoms with van der Waals surface area (Å²) in [6.45, 7) is 0.379. The quantitative estimate of drug-likeness (QED) is 0.814. The summed E-state index contributed by atoms with van der Waals surface area (Å²) >= 11 is 6.23. The van der Waals surface area contributed by atoms with Crippen molar-refractivity contribution in [2.45, 2.75) is 17.2 Å². The van der Waals surface area contributed by atoms with Crippen LogP contribution in [0.3, 0.4) is 0 Å². The minimum Gasteiger partial charge on any atom is -0.348 e. The largest absolute Gasteiger partial charge is 0.348 e. The average molecular weight is 328 g/mol. The van der Waals surface area contributed by atoms with E-state index < -0.39 is 5.76 Å². The number of nitrogens with one attached hydrogen (secondary N) is 1. The lowest BCUT2D eigenvalue weighted by atomic mass is 10.2. The minimum absolute atomic E-state index is 0.251. The molecule has 2 aromatic carbocycles. The van der Waals surface area contributed by atoms with Gasteiger partial charge in [0, 0.05) is 22.0 Å². The molecule has 0 aromatic heterocycles. The summed E-state index contributed by atoms with van der Waals surface area (Å²) in [5.41, 5.74) is 1.36. The lowest BCUT2D eigenvalue weighted by Gasteiger charge is -2.06. The average Bonchev–Trinajstić information content (AvgIpc) is 2.46.